The van der Waals surface area contributed by atoms with Gasteiger partial charge in [0, 0.05) is 12.3 Å². The maximum Gasteiger partial charge on any atom is 0.357 e. The Labute approximate surface area is 112 Å². The van der Waals surface area contributed by atoms with Crippen LogP contribution in [0.5, 0.6) is 5.88 Å². The van der Waals surface area contributed by atoms with Crippen molar-refractivity contribution in [2.45, 2.75) is 0 Å². The Morgan fingerprint density at radius 2 is 2.32 bits per heavy atom. The summed E-state index contributed by atoms with van der Waals surface area (Å²) >= 11 is 5.98. The highest BCUT2D eigenvalue weighted by atomic mass is 35.5. The highest BCUT2D eigenvalue weighted by molar-refractivity contribution is 6.32. The van der Waals surface area contributed by atoms with E-state index in [0.717, 1.165) is 4.68 Å². The van der Waals surface area contributed by atoms with Crippen molar-refractivity contribution in [2.24, 2.45) is 0 Å². The molecule has 7 nitrogen and oxygen atoms in total. The second-order valence-corrected chi connectivity index (χ2v) is 3.70. The molecular formula is C11H8ClN3O4. The molecule has 2 aromatic heterocycles. The summed E-state index contributed by atoms with van der Waals surface area (Å²) in [5.74, 6) is -0.489. The van der Waals surface area contributed by atoms with Crippen LogP contribution in [-0.4, -0.2) is 34.3 Å². The molecule has 2 rings (SSSR count). The molecule has 0 saturated carbocycles. The van der Waals surface area contributed by atoms with E-state index in [-0.39, 0.29) is 28.9 Å². The SMILES string of the molecule is COC(=O)c1cc(OC=O)nn1-c1ncccc1Cl. The summed E-state index contributed by atoms with van der Waals surface area (Å²) in [6.45, 7) is 0.202. The molecule has 2 aromatic rings. The number of rotatable bonds is 4. The average Bonchev–Trinajstić information content (AvgIpc) is 2.82. The van der Waals surface area contributed by atoms with Gasteiger partial charge in [0.2, 0.25) is 5.88 Å². The van der Waals surface area contributed by atoms with Crippen molar-refractivity contribution >= 4 is 24.0 Å². The van der Waals surface area contributed by atoms with E-state index >= 15 is 0 Å². The Morgan fingerprint density at radius 3 is 2.95 bits per heavy atom. The molecule has 0 atom stereocenters. The van der Waals surface area contributed by atoms with Gasteiger partial charge in [0.15, 0.2) is 11.5 Å². The summed E-state index contributed by atoms with van der Waals surface area (Å²) in [7, 11) is 1.22. The van der Waals surface area contributed by atoms with Gasteiger partial charge in [-0.1, -0.05) is 11.6 Å². The standard InChI is InChI=1S/C11H8ClN3O4/c1-18-11(17)8-5-9(19-6-16)14-15(8)10-7(12)3-2-4-13-10/h2-6H,1H3. The van der Waals surface area contributed by atoms with Crippen LogP contribution in [0.4, 0.5) is 0 Å². The van der Waals surface area contributed by atoms with E-state index in [0.29, 0.717) is 0 Å². The molecule has 19 heavy (non-hydrogen) atoms. The highest BCUT2D eigenvalue weighted by Crippen LogP contribution is 2.22. The summed E-state index contributed by atoms with van der Waals surface area (Å²) in [4.78, 5) is 26.0. The number of hydrogen-bond donors (Lipinski definition) is 0. The summed E-state index contributed by atoms with van der Waals surface area (Å²) in [5.41, 5.74) is 0.0416. The molecule has 0 aliphatic heterocycles. The summed E-state index contributed by atoms with van der Waals surface area (Å²) < 4.78 is 10.4. The van der Waals surface area contributed by atoms with Gasteiger partial charge in [-0.25, -0.2) is 14.5 Å². The number of methoxy groups -OCH3 is 1. The molecule has 0 radical (unpaired) electrons. The van der Waals surface area contributed by atoms with Crippen LogP contribution in [-0.2, 0) is 9.53 Å². The van der Waals surface area contributed by atoms with Gasteiger partial charge < -0.3 is 9.47 Å². The molecule has 98 valence electrons. The molecule has 0 unspecified atom stereocenters. The van der Waals surface area contributed by atoms with E-state index in [1.165, 1.54) is 19.4 Å². The molecule has 0 aromatic carbocycles. The zero-order valence-corrected chi connectivity index (χ0v) is 10.5. The van der Waals surface area contributed by atoms with Gasteiger partial charge in [-0.3, -0.25) is 4.79 Å². The number of carbonyl (C=O) groups excluding carboxylic acids is 2. The minimum atomic E-state index is -0.657. The Hall–Kier alpha value is -2.41. The first-order valence-electron chi connectivity index (χ1n) is 5.07. The van der Waals surface area contributed by atoms with Gasteiger partial charge in [0.25, 0.3) is 6.47 Å². The van der Waals surface area contributed by atoms with Crippen molar-refractivity contribution < 1.29 is 19.1 Å². The lowest BCUT2D eigenvalue weighted by atomic mass is 10.4. The predicted octanol–water partition coefficient (Wildman–Crippen LogP) is 1.24. The fourth-order valence-corrected chi connectivity index (χ4v) is 1.61. The van der Waals surface area contributed by atoms with Crippen molar-refractivity contribution in [2.75, 3.05) is 7.11 Å². The largest absolute Gasteiger partial charge is 0.464 e. The number of hydrogen-bond acceptors (Lipinski definition) is 6. The Bertz CT molecular complexity index is 626. The Balaban J connectivity index is 2.57. The average molecular weight is 282 g/mol. The lowest BCUT2D eigenvalue weighted by Crippen LogP contribution is -2.11. The van der Waals surface area contributed by atoms with Gasteiger partial charge in [0.05, 0.1) is 12.1 Å². The number of ether oxygens (including phenoxy) is 2. The predicted molar refractivity (Wildman–Crippen MR) is 64.4 cm³/mol. The zero-order chi connectivity index (χ0) is 13.8. The number of aromatic nitrogens is 3. The van der Waals surface area contributed by atoms with Crippen molar-refractivity contribution in [1.29, 1.82) is 0 Å². The van der Waals surface area contributed by atoms with Crippen LogP contribution in [0.25, 0.3) is 5.82 Å². The first-order valence-corrected chi connectivity index (χ1v) is 5.44. The lowest BCUT2D eigenvalue weighted by Gasteiger charge is -2.05. The van der Waals surface area contributed by atoms with Crippen LogP contribution < -0.4 is 4.74 Å². The molecular weight excluding hydrogens is 274 g/mol. The summed E-state index contributed by atoms with van der Waals surface area (Å²) in [6.07, 6.45) is 1.49. The fraction of sp³-hybridized carbons (Fsp3) is 0.0909. The molecule has 0 N–H and O–H groups in total. The molecule has 0 fully saturated rings. The molecule has 0 saturated heterocycles. The van der Waals surface area contributed by atoms with E-state index < -0.39 is 5.97 Å². The molecule has 0 aliphatic rings. The smallest absolute Gasteiger partial charge is 0.357 e. The second kappa shape index (κ2) is 5.49. The first kappa shape index (κ1) is 13.0. The fourth-order valence-electron chi connectivity index (χ4n) is 1.41. The normalized spacial score (nSPS) is 10.0. The second-order valence-electron chi connectivity index (χ2n) is 3.29. The Kier molecular flexibility index (Phi) is 3.76. The molecule has 2 heterocycles. The van der Waals surface area contributed by atoms with Crippen LogP contribution in [0.3, 0.4) is 0 Å². The number of carbonyl (C=O) groups is 2. The number of nitrogens with zero attached hydrogens (tertiary/aromatic N) is 3. The molecule has 0 bridgehead atoms. The van der Waals surface area contributed by atoms with Crippen LogP contribution >= 0.6 is 11.6 Å². The molecule has 8 heteroatoms. The molecule has 0 aliphatic carbocycles. The third-order valence-corrected chi connectivity index (χ3v) is 2.49. The summed E-state index contributed by atoms with van der Waals surface area (Å²) in [5, 5.41) is 4.20. The van der Waals surface area contributed by atoms with Crippen molar-refractivity contribution in [3.8, 4) is 11.7 Å². The first-order chi connectivity index (χ1) is 9.17. The number of halogens is 1. The van der Waals surface area contributed by atoms with E-state index in [4.69, 9.17) is 11.6 Å². The summed E-state index contributed by atoms with van der Waals surface area (Å²) in [6, 6.07) is 4.48. The molecule has 0 spiro atoms. The number of esters is 1. The van der Waals surface area contributed by atoms with Gasteiger partial charge in [-0.05, 0) is 12.1 Å². The third kappa shape index (κ3) is 2.55. The van der Waals surface area contributed by atoms with E-state index in [1.54, 1.807) is 12.1 Å². The number of pyridine rings is 1. The quantitative estimate of drug-likeness (QED) is 0.619. The van der Waals surface area contributed by atoms with Crippen molar-refractivity contribution in [3.05, 3.63) is 35.1 Å². The monoisotopic (exact) mass is 281 g/mol. The van der Waals surface area contributed by atoms with Crippen LogP contribution in [0.2, 0.25) is 5.02 Å². The van der Waals surface area contributed by atoms with Crippen LogP contribution in [0, 0.1) is 0 Å². The van der Waals surface area contributed by atoms with E-state index in [1.807, 2.05) is 0 Å². The lowest BCUT2D eigenvalue weighted by molar-refractivity contribution is -0.120. The maximum atomic E-state index is 11.6. The van der Waals surface area contributed by atoms with Crippen LogP contribution in [0.1, 0.15) is 10.5 Å². The third-order valence-electron chi connectivity index (χ3n) is 2.19. The van der Waals surface area contributed by atoms with Crippen molar-refractivity contribution in [1.82, 2.24) is 14.8 Å². The maximum absolute atomic E-state index is 11.6. The highest BCUT2D eigenvalue weighted by Gasteiger charge is 2.20. The van der Waals surface area contributed by atoms with Crippen molar-refractivity contribution in [3.63, 3.8) is 0 Å². The van der Waals surface area contributed by atoms with Gasteiger partial charge in [0.1, 0.15) is 0 Å². The molecule has 0 amide bonds. The zero-order valence-electron chi connectivity index (χ0n) is 9.74. The van der Waals surface area contributed by atoms with E-state index in [9.17, 15) is 9.59 Å². The minimum Gasteiger partial charge on any atom is -0.464 e. The van der Waals surface area contributed by atoms with E-state index in [2.05, 4.69) is 19.6 Å². The van der Waals surface area contributed by atoms with Gasteiger partial charge >= 0.3 is 5.97 Å². The topological polar surface area (TPSA) is 83.3 Å². The Morgan fingerprint density at radius 1 is 1.53 bits per heavy atom. The minimum absolute atomic E-state index is 0.0416. The van der Waals surface area contributed by atoms with Crippen LogP contribution in [0.15, 0.2) is 24.4 Å². The van der Waals surface area contributed by atoms with Gasteiger partial charge in [-0.2, -0.15) is 0 Å². The van der Waals surface area contributed by atoms with Gasteiger partial charge in [-0.15, -0.1) is 5.10 Å².